The molecule has 0 radical (unpaired) electrons. The first-order valence-electron chi connectivity index (χ1n) is 14.5. The van der Waals surface area contributed by atoms with Crippen molar-refractivity contribution >= 4 is 11.4 Å². The Labute approximate surface area is 240 Å². The Bertz CT molecular complexity index is 2000. The summed E-state index contributed by atoms with van der Waals surface area (Å²) in [5.41, 5.74) is 18.3. The largest absolute Gasteiger partial charge is 0.314 e. The molecule has 1 atom stereocenters. The summed E-state index contributed by atoms with van der Waals surface area (Å²) in [4.78, 5) is 2.46. The molecule has 9 rings (SSSR count). The highest BCUT2D eigenvalue weighted by molar-refractivity contribution is 6.15. The van der Waals surface area contributed by atoms with Crippen LogP contribution < -0.4 is 4.90 Å². The second kappa shape index (κ2) is 8.68. The first-order valence-corrected chi connectivity index (χ1v) is 14.5. The lowest BCUT2D eigenvalue weighted by atomic mass is 9.83. The van der Waals surface area contributed by atoms with Gasteiger partial charge >= 0.3 is 0 Å². The quantitative estimate of drug-likeness (QED) is 0.223. The number of benzene rings is 5. The minimum atomic E-state index is 0.408. The molecule has 5 aromatic rings. The third-order valence-corrected chi connectivity index (χ3v) is 9.10. The lowest BCUT2D eigenvalue weighted by Gasteiger charge is -2.33. The fraction of sp³-hybridized carbons (Fsp3) is 0.0500. The monoisotopic (exact) mass is 521 g/mol. The molecule has 1 nitrogen and oxygen atoms in total. The highest BCUT2D eigenvalue weighted by Gasteiger charge is 2.31. The molecule has 0 heterocycles. The van der Waals surface area contributed by atoms with Crippen LogP contribution in [0.3, 0.4) is 0 Å². The molecule has 0 N–H and O–H groups in total. The van der Waals surface area contributed by atoms with Gasteiger partial charge in [-0.25, -0.2) is 0 Å². The maximum Gasteiger partial charge on any atom is 0.0465 e. The van der Waals surface area contributed by atoms with Crippen LogP contribution in [0.25, 0.3) is 55.6 Å². The Kier molecular flexibility index (Phi) is 4.80. The third-order valence-electron chi connectivity index (χ3n) is 9.10. The summed E-state index contributed by atoms with van der Waals surface area (Å²) in [5, 5.41) is 0. The van der Waals surface area contributed by atoms with Crippen molar-refractivity contribution < 1.29 is 0 Å². The summed E-state index contributed by atoms with van der Waals surface area (Å²) >= 11 is 0. The summed E-state index contributed by atoms with van der Waals surface area (Å²) in [6.45, 7) is 0. The highest BCUT2D eigenvalue weighted by Crippen LogP contribution is 2.57. The summed E-state index contributed by atoms with van der Waals surface area (Å²) in [7, 11) is 0. The van der Waals surface area contributed by atoms with Crippen molar-refractivity contribution in [3.63, 3.8) is 0 Å². The predicted octanol–water partition coefficient (Wildman–Crippen LogP) is 10.7. The van der Waals surface area contributed by atoms with Gasteiger partial charge in [-0.3, -0.25) is 0 Å². The molecule has 4 aliphatic rings. The van der Waals surface area contributed by atoms with E-state index < -0.39 is 0 Å². The molecule has 41 heavy (non-hydrogen) atoms. The van der Waals surface area contributed by atoms with Gasteiger partial charge < -0.3 is 4.90 Å². The molecule has 0 amide bonds. The summed E-state index contributed by atoms with van der Waals surface area (Å²) in [6.07, 6.45) is 14.5. The van der Waals surface area contributed by atoms with Crippen molar-refractivity contribution in [2.24, 2.45) is 5.92 Å². The topological polar surface area (TPSA) is 3.24 Å². The van der Waals surface area contributed by atoms with E-state index in [9.17, 15) is 0 Å². The van der Waals surface area contributed by atoms with Gasteiger partial charge in [0.05, 0.1) is 0 Å². The van der Waals surface area contributed by atoms with E-state index in [4.69, 9.17) is 0 Å². The lowest BCUT2D eigenvalue weighted by Crippen LogP contribution is -2.21. The summed E-state index contributed by atoms with van der Waals surface area (Å²) < 4.78 is 0. The van der Waals surface area contributed by atoms with E-state index in [1.807, 2.05) is 0 Å². The van der Waals surface area contributed by atoms with Crippen LogP contribution in [-0.2, 0) is 0 Å². The molecule has 5 aromatic carbocycles. The van der Waals surface area contributed by atoms with Crippen LogP contribution >= 0.6 is 0 Å². The van der Waals surface area contributed by atoms with Crippen LogP contribution in [-0.4, -0.2) is 0 Å². The normalized spacial score (nSPS) is 16.5. The van der Waals surface area contributed by atoms with Crippen molar-refractivity contribution in [2.45, 2.75) is 6.42 Å². The van der Waals surface area contributed by atoms with E-state index in [2.05, 4.69) is 151 Å². The van der Waals surface area contributed by atoms with Crippen LogP contribution in [0, 0.1) is 5.92 Å². The van der Waals surface area contributed by atoms with Gasteiger partial charge in [0.1, 0.15) is 0 Å². The maximum atomic E-state index is 2.46. The van der Waals surface area contributed by atoms with Crippen LogP contribution in [0.4, 0.5) is 11.4 Å². The zero-order valence-electron chi connectivity index (χ0n) is 22.6. The van der Waals surface area contributed by atoms with Gasteiger partial charge in [-0.1, -0.05) is 115 Å². The molecule has 1 unspecified atom stereocenters. The number of hydrogen-bond acceptors (Lipinski definition) is 1. The predicted molar refractivity (Wildman–Crippen MR) is 172 cm³/mol. The van der Waals surface area contributed by atoms with E-state index >= 15 is 0 Å². The van der Waals surface area contributed by atoms with Gasteiger partial charge in [0.15, 0.2) is 0 Å². The first kappa shape index (κ1) is 22.7. The van der Waals surface area contributed by atoms with Crippen LogP contribution in [0.2, 0.25) is 0 Å². The molecule has 0 saturated carbocycles. The SMILES string of the molecule is C1=CC2=CC=C(N(c3ccccc3)c3ccc4c(c3)-c3c5cccc3-c3cccc-4c3-c3ccccc3-5)CC2C=C1. The second-order valence-corrected chi connectivity index (χ2v) is 11.3. The van der Waals surface area contributed by atoms with Crippen LogP contribution in [0.15, 0.2) is 157 Å². The van der Waals surface area contributed by atoms with E-state index in [1.165, 1.54) is 78.3 Å². The van der Waals surface area contributed by atoms with Gasteiger partial charge in [0.25, 0.3) is 0 Å². The van der Waals surface area contributed by atoms with Gasteiger partial charge in [-0.2, -0.15) is 0 Å². The Morgan fingerprint density at radius 3 is 1.90 bits per heavy atom. The van der Waals surface area contributed by atoms with Crippen molar-refractivity contribution in [2.75, 3.05) is 4.90 Å². The Balaban J connectivity index is 1.31. The van der Waals surface area contributed by atoms with E-state index in [-0.39, 0.29) is 0 Å². The summed E-state index contributed by atoms with van der Waals surface area (Å²) in [5.74, 6) is 0.408. The number of anilines is 2. The fourth-order valence-electron chi connectivity index (χ4n) is 7.31. The number of allylic oxidation sites excluding steroid dienone is 8. The molecule has 192 valence electrons. The van der Waals surface area contributed by atoms with Gasteiger partial charge in [0.2, 0.25) is 0 Å². The third kappa shape index (κ3) is 3.30. The Hall–Kier alpha value is -5.14. The molecule has 0 aliphatic heterocycles. The van der Waals surface area contributed by atoms with E-state index in [0.29, 0.717) is 5.92 Å². The highest BCUT2D eigenvalue weighted by atomic mass is 15.1. The molecule has 6 bridgehead atoms. The van der Waals surface area contributed by atoms with Crippen molar-refractivity contribution in [3.05, 3.63) is 157 Å². The summed E-state index contributed by atoms with van der Waals surface area (Å²) in [6, 6.07) is 40.5. The van der Waals surface area contributed by atoms with Crippen LogP contribution in [0.5, 0.6) is 0 Å². The van der Waals surface area contributed by atoms with Crippen molar-refractivity contribution in [3.8, 4) is 55.6 Å². The average molecular weight is 522 g/mol. The Morgan fingerprint density at radius 2 is 1.12 bits per heavy atom. The number of rotatable bonds is 3. The minimum Gasteiger partial charge on any atom is -0.314 e. The lowest BCUT2D eigenvalue weighted by molar-refractivity contribution is 0.732. The molecule has 0 saturated heterocycles. The van der Waals surface area contributed by atoms with Gasteiger partial charge in [-0.15, -0.1) is 0 Å². The molecule has 4 aliphatic carbocycles. The molecular weight excluding hydrogens is 494 g/mol. The number of para-hydroxylation sites is 1. The minimum absolute atomic E-state index is 0.408. The molecular formula is C40H27N. The number of hydrogen-bond donors (Lipinski definition) is 0. The van der Waals surface area contributed by atoms with E-state index in [1.54, 1.807) is 0 Å². The number of nitrogens with zero attached hydrogens (tertiary/aromatic N) is 1. The Morgan fingerprint density at radius 1 is 0.488 bits per heavy atom. The van der Waals surface area contributed by atoms with Gasteiger partial charge in [-0.05, 0) is 98.0 Å². The second-order valence-electron chi connectivity index (χ2n) is 11.3. The molecule has 0 fully saturated rings. The first-order chi connectivity index (χ1) is 20.3. The maximum absolute atomic E-state index is 2.46. The van der Waals surface area contributed by atoms with Crippen molar-refractivity contribution in [1.82, 2.24) is 0 Å². The van der Waals surface area contributed by atoms with Crippen molar-refractivity contribution in [1.29, 1.82) is 0 Å². The fourth-order valence-corrected chi connectivity index (χ4v) is 7.31. The molecule has 1 heteroatoms. The number of fused-ring (bicyclic) bond motifs is 5. The smallest absolute Gasteiger partial charge is 0.0465 e. The standard InChI is InChI=1S/C40H27N/c1-2-12-28(13-3-1)41(29-21-20-26-10-4-5-11-27(26)24-29)30-22-23-32-35-17-9-18-36-37-19-8-16-34(40(37)38(32)25-30)31-14-6-7-15-33(31)39(35)36/h1-23,25,27H,24H2. The van der Waals surface area contributed by atoms with E-state index in [0.717, 1.165) is 6.42 Å². The molecule has 0 aromatic heterocycles. The average Bonchev–Trinajstić information content (AvgIpc) is 3.14. The molecule has 0 spiro atoms. The zero-order chi connectivity index (χ0) is 26.9. The van der Waals surface area contributed by atoms with Gasteiger partial charge in [0, 0.05) is 23.0 Å². The zero-order valence-corrected chi connectivity index (χ0v) is 22.6. The van der Waals surface area contributed by atoms with Crippen LogP contribution in [0.1, 0.15) is 6.42 Å².